The van der Waals surface area contributed by atoms with Gasteiger partial charge in [0.2, 0.25) is 10.0 Å². The molecule has 0 bridgehead atoms. The zero-order valence-corrected chi connectivity index (χ0v) is 11.2. The van der Waals surface area contributed by atoms with Crippen molar-refractivity contribution in [1.82, 2.24) is 4.31 Å². The number of nitriles is 1. The van der Waals surface area contributed by atoms with Crippen molar-refractivity contribution < 1.29 is 8.42 Å². The van der Waals surface area contributed by atoms with E-state index in [0.29, 0.717) is 5.56 Å². The van der Waals surface area contributed by atoms with E-state index in [4.69, 9.17) is 11.0 Å². The van der Waals surface area contributed by atoms with Gasteiger partial charge < -0.3 is 5.73 Å². The molecule has 0 unspecified atom stereocenters. The zero-order valence-electron chi connectivity index (χ0n) is 10.4. The first-order valence-corrected chi connectivity index (χ1v) is 7.37. The fraction of sp³-hybridized carbons (Fsp3) is 0.308. The molecule has 0 heterocycles. The quantitative estimate of drug-likeness (QED) is 0.652. The number of hydrogen-bond donors (Lipinski definition) is 1. The van der Waals surface area contributed by atoms with Crippen LogP contribution in [0.2, 0.25) is 0 Å². The van der Waals surface area contributed by atoms with Crippen LogP contribution < -0.4 is 5.73 Å². The number of hydrogen-bond acceptors (Lipinski definition) is 4. The second kappa shape index (κ2) is 5.03. The summed E-state index contributed by atoms with van der Waals surface area (Å²) < 4.78 is 26.5. The van der Waals surface area contributed by atoms with E-state index in [0.717, 1.165) is 12.8 Å². The van der Waals surface area contributed by atoms with Crippen LogP contribution in [0.3, 0.4) is 0 Å². The van der Waals surface area contributed by atoms with E-state index in [1.165, 1.54) is 22.5 Å². The van der Waals surface area contributed by atoms with Crippen molar-refractivity contribution in [2.75, 3.05) is 12.3 Å². The minimum atomic E-state index is -3.63. The smallest absolute Gasteiger partial charge is 0.245 e. The van der Waals surface area contributed by atoms with Crippen LogP contribution in [0.15, 0.2) is 35.7 Å². The van der Waals surface area contributed by atoms with Crippen LogP contribution in [-0.4, -0.2) is 25.3 Å². The average Bonchev–Trinajstić information content (AvgIpc) is 3.19. The van der Waals surface area contributed by atoms with Gasteiger partial charge in [0.25, 0.3) is 0 Å². The molecule has 1 aromatic carbocycles. The van der Waals surface area contributed by atoms with E-state index in [1.54, 1.807) is 6.08 Å². The van der Waals surface area contributed by atoms with E-state index in [1.807, 2.05) is 6.07 Å². The van der Waals surface area contributed by atoms with E-state index in [-0.39, 0.29) is 23.2 Å². The van der Waals surface area contributed by atoms with Gasteiger partial charge in [0, 0.05) is 12.6 Å². The van der Waals surface area contributed by atoms with Crippen LogP contribution in [0.1, 0.15) is 18.4 Å². The summed E-state index contributed by atoms with van der Waals surface area (Å²) in [7, 11) is -3.63. The number of nitrogens with zero attached hydrogens (tertiary/aromatic N) is 2. The van der Waals surface area contributed by atoms with Gasteiger partial charge in [-0.3, -0.25) is 0 Å². The Bertz CT molecular complexity index is 642. The maximum absolute atomic E-state index is 12.5. The van der Waals surface area contributed by atoms with Gasteiger partial charge in [0.1, 0.15) is 4.90 Å². The molecule has 0 radical (unpaired) electrons. The largest absolute Gasteiger partial charge is 0.398 e. The highest BCUT2D eigenvalue weighted by Crippen LogP contribution is 2.33. The second-order valence-electron chi connectivity index (χ2n) is 4.46. The lowest BCUT2D eigenvalue weighted by molar-refractivity contribution is 0.436. The Labute approximate surface area is 113 Å². The van der Waals surface area contributed by atoms with Crippen LogP contribution in [0.25, 0.3) is 0 Å². The molecule has 0 spiro atoms. The first kappa shape index (κ1) is 13.6. The van der Waals surface area contributed by atoms with E-state index in [9.17, 15) is 8.42 Å². The van der Waals surface area contributed by atoms with Crippen LogP contribution in [-0.2, 0) is 10.0 Å². The zero-order chi connectivity index (χ0) is 14.0. The van der Waals surface area contributed by atoms with Gasteiger partial charge in [0.05, 0.1) is 17.3 Å². The van der Waals surface area contributed by atoms with Gasteiger partial charge in [-0.05, 0) is 31.0 Å². The molecule has 1 aliphatic rings. The molecule has 2 rings (SSSR count). The molecule has 100 valence electrons. The lowest BCUT2D eigenvalue weighted by Gasteiger charge is -2.21. The molecule has 6 heteroatoms. The first-order chi connectivity index (χ1) is 9.00. The molecule has 0 amide bonds. The number of nitrogen functional groups attached to an aromatic ring is 1. The van der Waals surface area contributed by atoms with Crippen molar-refractivity contribution in [3.8, 4) is 6.07 Å². The van der Waals surface area contributed by atoms with Crippen molar-refractivity contribution in [3.05, 3.63) is 36.4 Å². The summed E-state index contributed by atoms with van der Waals surface area (Å²) in [5.41, 5.74) is 6.21. The van der Waals surface area contributed by atoms with Crippen LogP contribution in [0.4, 0.5) is 5.69 Å². The monoisotopic (exact) mass is 277 g/mol. The summed E-state index contributed by atoms with van der Waals surface area (Å²) in [6, 6.07) is 6.20. The third kappa shape index (κ3) is 2.62. The summed E-state index contributed by atoms with van der Waals surface area (Å²) in [5.74, 6) is 0. The Morgan fingerprint density at radius 3 is 2.68 bits per heavy atom. The molecular formula is C13H15N3O2S. The molecule has 2 N–H and O–H groups in total. The summed E-state index contributed by atoms with van der Waals surface area (Å²) in [5, 5.41) is 8.77. The fourth-order valence-electron chi connectivity index (χ4n) is 1.91. The highest BCUT2D eigenvalue weighted by Gasteiger charge is 2.38. The van der Waals surface area contributed by atoms with Crippen molar-refractivity contribution in [3.63, 3.8) is 0 Å². The molecule has 0 aliphatic heterocycles. The van der Waals surface area contributed by atoms with Gasteiger partial charge in [-0.25, -0.2) is 8.42 Å². The third-order valence-corrected chi connectivity index (χ3v) is 4.98. The lowest BCUT2D eigenvalue weighted by Crippen LogP contribution is -2.33. The van der Waals surface area contributed by atoms with Gasteiger partial charge in [-0.15, -0.1) is 6.58 Å². The number of nitrogens with two attached hydrogens (primary N) is 1. The number of sulfonamides is 1. The molecular weight excluding hydrogens is 262 g/mol. The second-order valence-corrected chi connectivity index (χ2v) is 6.32. The van der Waals surface area contributed by atoms with Crippen molar-refractivity contribution in [2.24, 2.45) is 0 Å². The van der Waals surface area contributed by atoms with Crippen molar-refractivity contribution in [1.29, 1.82) is 5.26 Å². The lowest BCUT2D eigenvalue weighted by atomic mass is 10.2. The van der Waals surface area contributed by atoms with E-state index in [2.05, 4.69) is 6.58 Å². The highest BCUT2D eigenvalue weighted by molar-refractivity contribution is 7.89. The molecule has 19 heavy (non-hydrogen) atoms. The molecule has 0 aromatic heterocycles. The predicted molar refractivity (Wildman–Crippen MR) is 72.7 cm³/mol. The Morgan fingerprint density at radius 1 is 1.53 bits per heavy atom. The van der Waals surface area contributed by atoms with Gasteiger partial charge in [-0.2, -0.15) is 9.57 Å². The van der Waals surface area contributed by atoms with Crippen LogP contribution in [0, 0.1) is 11.3 Å². The third-order valence-electron chi connectivity index (χ3n) is 2.99. The molecule has 1 aromatic rings. The summed E-state index contributed by atoms with van der Waals surface area (Å²) >= 11 is 0. The number of benzene rings is 1. The Kier molecular flexibility index (Phi) is 3.60. The average molecular weight is 277 g/mol. The minimum absolute atomic E-state index is 0.0399. The van der Waals surface area contributed by atoms with Gasteiger partial charge >= 0.3 is 0 Å². The standard InChI is InChI=1S/C13H15N3O2S/c1-2-7-16(11-4-5-11)19(17,18)13-6-3-10(9-14)8-12(13)15/h2-3,6,8,11H,1,4-5,7,15H2. The SMILES string of the molecule is C=CCN(C1CC1)S(=O)(=O)c1ccc(C#N)cc1N. The van der Waals surface area contributed by atoms with Crippen LogP contribution in [0.5, 0.6) is 0 Å². The maximum atomic E-state index is 12.5. The summed E-state index contributed by atoms with van der Waals surface area (Å²) in [6.45, 7) is 3.86. The normalized spacial score (nSPS) is 15.2. The molecule has 1 saturated carbocycles. The Balaban J connectivity index is 2.43. The first-order valence-electron chi connectivity index (χ1n) is 5.93. The van der Waals surface area contributed by atoms with Crippen molar-refractivity contribution in [2.45, 2.75) is 23.8 Å². The number of rotatable bonds is 5. The topological polar surface area (TPSA) is 87.2 Å². The highest BCUT2D eigenvalue weighted by atomic mass is 32.2. The van der Waals surface area contributed by atoms with E-state index < -0.39 is 10.0 Å². The van der Waals surface area contributed by atoms with E-state index >= 15 is 0 Å². The van der Waals surface area contributed by atoms with Gasteiger partial charge in [0.15, 0.2) is 0 Å². The molecule has 1 fully saturated rings. The Morgan fingerprint density at radius 2 is 2.21 bits per heavy atom. The fourth-order valence-corrected chi connectivity index (χ4v) is 3.67. The molecule has 0 atom stereocenters. The maximum Gasteiger partial charge on any atom is 0.245 e. The van der Waals surface area contributed by atoms with Crippen LogP contribution >= 0.6 is 0 Å². The molecule has 1 aliphatic carbocycles. The molecule has 5 nitrogen and oxygen atoms in total. The Hall–Kier alpha value is -1.84. The predicted octanol–water partition coefficient (Wildman–Crippen LogP) is 1.48. The number of anilines is 1. The van der Waals surface area contributed by atoms with Crippen molar-refractivity contribution >= 4 is 15.7 Å². The molecule has 0 saturated heterocycles. The summed E-state index contributed by atoms with van der Waals surface area (Å²) in [4.78, 5) is 0.0558. The van der Waals surface area contributed by atoms with Gasteiger partial charge in [-0.1, -0.05) is 6.08 Å². The minimum Gasteiger partial charge on any atom is -0.398 e. The summed E-state index contributed by atoms with van der Waals surface area (Å²) in [6.07, 6.45) is 3.29.